The van der Waals surface area contributed by atoms with Crippen LogP contribution in [0.5, 0.6) is 0 Å². The van der Waals surface area contributed by atoms with Crippen LogP contribution in [0.3, 0.4) is 0 Å². The number of hydrogen-bond acceptors (Lipinski definition) is 9. The number of nitrogens with zero attached hydrogens (tertiary/aromatic N) is 7. The zero-order valence-corrected chi connectivity index (χ0v) is 24.8. The first-order chi connectivity index (χ1) is 20.9. The quantitative estimate of drug-likeness (QED) is 0.226. The lowest BCUT2D eigenvalue weighted by atomic mass is 9.97. The number of hydrogen-bond donors (Lipinski definition) is 0. The minimum absolute atomic E-state index is 0.114. The zero-order valence-electron chi connectivity index (χ0n) is 24.8. The van der Waals surface area contributed by atoms with E-state index < -0.39 is 0 Å². The van der Waals surface area contributed by atoms with Gasteiger partial charge in [0.05, 0.1) is 11.3 Å². The van der Waals surface area contributed by atoms with Crippen molar-refractivity contribution in [3.63, 3.8) is 0 Å². The van der Waals surface area contributed by atoms with E-state index >= 15 is 0 Å². The van der Waals surface area contributed by atoms with Crippen molar-refractivity contribution in [2.24, 2.45) is 0 Å². The van der Waals surface area contributed by atoms with Crippen molar-refractivity contribution < 1.29 is 9.21 Å². The number of Topliss-reactive ketones (excluding diaryl/α,β-unsaturated/α-hetero) is 1. The summed E-state index contributed by atoms with van der Waals surface area (Å²) in [5.41, 5.74) is 7.52. The molecule has 218 valence electrons. The lowest BCUT2D eigenvalue weighted by Gasteiger charge is -2.32. The zero-order chi connectivity index (χ0) is 29.8. The molecule has 9 nitrogen and oxygen atoms in total. The molecule has 1 fully saturated rings. The number of benzene rings is 2. The molecule has 43 heavy (non-hydrogen) atoms. The number of aryl methyl sites for hydroxylation is 2. The van der Waals surface area contributed by atoms with Gasteiger partial charge in [0.2, 0.25) is 11.8 Å². The second-order valence-electron chi connectivity index (χ2n) is 11.3. The van der Waals surface area contributed by atoms with Gasteiger partial charge in [-0.1, -0.05) is 42.5 Å². The first-order valence-electron chi connectivity index (χ1n) is 14.6. The molecule has 0 unspecified atom stereocenters. The van der Waals surface area contributed by atoms with E-state index in [9.17, 15) is 4.79 Å². The molecule has 6 rings (SSSR count). The van der Waals surface area contributed by atoms with Crippen LogP contribution in [0.25, 0.3) is 22.7 Å². The highest BCUT2D eigenvalue weighted by Gasteiger charge is 2.15. The second-order valence-corrected chi connectivity index (χ2v) is 11.3. The molecule has 0 spiro atoms. The van der Waals surface area contributed by atoms with Crippen LogP contribution in [0.2, 0.25) is 0 Å². The molecule has 0 aliphatic carbocycles. The van der Waals surface area contributed by atoms with Crippen molar-refractivity contribution in [2.75, 3.05) is 33.2 Å². The molecular weight excluding hydrogens is 538 g/mol. The third-order valence-electron chi connectivity index (χ3n) is 7.92. The fraction of sp³-hybridized carbons (Fsp3) is 0.294. The molecular formula is C34H35N7O2. The maximum atomic E-state index is 13.2. The van der Waals surface area contributed by atoms with Gasteiger partial charge in [-0.3, -0.25) is 14.7 Å². The smallest absolute Gasteiger partial charge is 0.249 e. The number of pyridine rings is 1. The van der Waals surface area contributed by atoms with Gasteiger partial charge in [-0.15, -0.1) is 10.2 Å². The summed E-state index contributed by atoms with van der Waals surface area (Å²) in [6, 6.07) is 18.1. The molecule has 5 aromatic rings. The Hall–Kier alpha value is -4.60. The number of carbonyl (C=O) groups excluding carboxylic acids is 1. The lowest BCUT2D eigenvalue weighted by Crippen LogP contribution is -2.43. The predicted octanol–water partition coefficient (Wildman–Crippen LogP) is 4.97. The van der Waals surface area contributed by atoms with Crippen molar-refractivity contribution >= 4 is 5.78 Å². The van der Waals surface area contributed by atoms with Gasteiger partial charge in [0.1, 0.15) is 5.82 Å². The molecule has 1 aliphatic heterocycles. The summed E-state index contributed by atoms with van der Waals surface area (Å²) < 4.78 is 5.56. The van der Waals surface area contributed by atoms with Gasteiger partial charge in [0.25, 0.3) is 0 Å². The molecule has 0 N–H and O–H groups in total. The molecule has 1 aliphatic rings. The highest BCUT2D eigenvalue weighted by molar-refractivity contribution is 5.97. The Bertz CT molecular complexity index is 1720. The monoisotopic (exact) mass is 573 g/mol. The van der Waals surface area contributed by atoms with E-state index in [1.807, 2.05) is 30.3 Å². The van der Waals surface area contributed by atoms with Gasteiger partial charge in [0, 0.05) is 82.2 Å². The Kier molecular flexibility index (Phi) is 8.44. The topological polar surface area (TPSA) is 101 Å². The summed E-state index contributed by atoms with van der Waals surface area (Å²) in [7, 11) is 2.17. The third kappa shape index (κ3) is 7.07. The molecule has 3 aromatic heterocycles. The molecule has 2 aromatic carbocycles. The summed E-state index contributed by atoms with van der Waals surface area (Å²) in [5, 5.41) is 8.00. The highest BCUT2D eigenvalue weighted by Crippen LogP contribution is 2.24. The van der Waals surface area contributed by atoms with E-state index in [2.05, 4.69) is 68.2 Å². The van der Waals surface area contributed by atoms with Crippen LogP contribution in [0, 0.1) is 13.8 Å². The fourth-order valence-electron chi connectivity index (χ4n) is 5.30. The van der Waals surface area contributed by atoms with Gasteiger partial charge in [0.15, 0.2) is 5.78 Å². The van der Waals surface area contributed by atoms with Gasteiger partial charge in [-0.05, 0) is 48.4 Å². The summed E-state index contributed by atoms with van der Waals surface area (Å²) in [6.07, 6.45) is 6.11. The fourth-order valence-corrected chi connectivity index (χ4v) is 5.30. The van der Waals surface area contributed by atoms with Crippen LogP contribution in [0.4, 0.5) is 0 Å². The molecule has 0 saturated carbocycles. The van der Waals surface area contributed by atoms with Gasteiger partial charge in [-0.2, -0.15) is 0 Å². The number of aromatic nitrogens is 5. The Morgan fingerprint density at radius 2 is 1.65 bits per heavy atom. The van der Waals surface area contributed by atoms with Crippen molar-refractivity contribution in [2.45, 2.75) is 33.2 Å². The summed E-state index contributed by atoms with van der Waals surface area (Å²) in [6.45, 7) is 9.10. The number of piperazine rings is 1. The van der Waals surface area contributed by atoms with E-state index in [0.717, 1.165) is 71.8 Å². The van der Waals surface area contributed by atoms with Crippen LogP contribution in [0.1, 0.15) is 44.3 Å². The molecule has 0 radical (unpaired) electrons. The number of rotatable bonds is 9. The maximum absolute atomic E-state index is 13.2. The van der Waals surface area contributed by atoms with Crippen molar-refractivity contribution in [3.05, 3.63) is 113 Å². The van der Waals surface area contributed by atoms with E-state index in [1.165, 1.54) is 5.56 Å². The first kappa shape index (κ1) is 28.5. The first-order valence-corrected chi connectivity index (χ1v) is 14.6. The van der Waals surface area contributed by atoms with Crippen LogP contribution >= 0.6 is 0 Å². The lowest BCUT2D eigenvalue weighted by molar-refractivity contribution is 0.0993. The third-order valence-corrected chi connectivity index (χ3v) is 7.92. The average Bonchev–Trinajstić information content (AvgIpc) is 3.47. The summed E-state index contributed by atoms with van der Waals surface area (Å²) in [5.74, 6) is 1.73. The standard InChI is InChI=1S/C34H35N7O2/c1-23-4-5-26(17-32(42)27-8-6-25(7-9-27)22-41-14-12-40(3)13-15-41)16-28(23)19-33-36-11-10-31(37-33)29-18-30(21-35-20-29)34-39-38-24(2)43-34/h4-11,16,18,20-21H,12-15,17,19,22H2,1-3H3. The second kappa shape index (κ2) is 12.7. The van der Waals surface area contributed by atoms with E-state index in [-0.39, 0.29) is 5.78 Å². The number of carbonyl (C=O) groups is 1. The molecule has 0 amide bonds. The number of likely N-dealkylation sites (N-methyl/N-ethyl adjacent to an activating group) is 1. The SMILES string of the molecule is Cc1nnc(-c2cncc(-c3ccnc(Cc4cc(CC(=O)c5ccc(CN6CCN(C)CC6)cc5)ccc4C)n3)c2)o1. The summed E-state index contributed by atoms with van der Waals surface area (Å²) >= 11 is 0. The Morgan fingerprint density at radius 3 is 2.42 bits per heavy atom. The molecule has 1 saturated heterocycles. The van der Waals surface area contributed by atoms with E-state index in [4.69, 9.17) is 9.40 Å². The largest absolute Gasteiger partial charge is 0.421 e. The van der Waals surface area contributed by atoms with Crippen LogP contribution in [-0.4, -0.2) is 74.0 Å². The minimum atomic E-state index is 0.114. The summed E-state index contributed by atoms with van der Waals surface area (Å²) in [4.78, 5) is 31.7. The molecule has 4 heterocycles. The highest BCUT2D eigenvalue weighted by atomic mass is 16.4. The van der Waals surface area contributed by atoms with Gasteiger partial charge in [-0.25, -0.2) is 9.97 Å². The normalized spacial score (nSPS) is 14.2. The molecule has 9 heteroatoms. The van der Waals surface area contributed by atoms with E-state index in [0.29, 0.717) is 30.4 Å². The van der Waals surface area contributed by atoms with Gasteiger partial charge >= 0.3 is 0 Å². The molecule has 0 atom stereocenters. The number of ketones is 1. The molecule has 0 bridgehead atoms. The van der Waals surface area contributed by atoms with Crippen LogP contribution in [0.15, 0.2) is 77.6 Å². The van der Waals surface area contributed by atoms with Crippen molar-refractivity contribution in [1.29, 1.82) is 0 Å². The van der Waals surface area contributed by atoms with Gasteiger partial charge < -0.3 is 9.32 Å². The minimum Gasteiger partial charge on any atom is -0.421 e. The maximum Gasteiger partial charge on any atom is 0.249 e. The average molecular weight is 574 g/mol. The van der Waals surface area contributed by atoms with Crippen LogP contribution in [-0.2, 0) is 19.4 Å². The van der Waals surface area contributed by atoms with Crippen LogP contribution < -0.4 is 0 Å². The Labute approximate surface area is 251 Å². The Balaban J connectivity index is 1.12. The van der Waals surface area contributed by atoms with Crippen molar-refractivity contribution in [1.82, 2.24) is 34.9 Å². The predicted molar refractivity (Wildman–Crippen MR) is 165 cm³/mol. The van der Waals surface area contributed by atoms with E-state index in [1.54, 1.807) is 25.5 Å². The van der Waals surface area contributed by atoms with Crippen molar-refractivity contribution in [3.8, 4) is 22.7 Å². The Morgan fingerprint density at radius 1 is 0.884 bits per heavy atom.